The molecule has 5 rings (SSSR count). The van der Waals surface area contributed by atoms with Gasteiger partial charge in [0, 0.05) is 32.3 Å². The Balaban J connectivity index is 1.43. The molecule has 0 radical (unpaired) electrons. The van der Waals surface area contributed by atoms with E-state index in [1.807, 2.05) is 6.92 Å². The molecule has 3 aromatic heterocycles. The van der Waals surface area contributed by atoms with Crippen molar-refractivity contribution in [2.75, 3.05) is 37.9 Å². The third kappa shape index (κ3) is 10.7. The number of carbonyl (C=O) groups is 2. The largest absolute Gasteiger partial charge is 0.469 e. The van der Waals surface area contributed by atoms with E-state index >= 15 is 0 Å². The number of hydrogen-bond donors (Lipinski definition) is 8. The van der Waals surface area contributed by atoms with Gasteiger partial charge in [0.05, 0.1) is 19.5 Å². The van der Waals surface area contributed by atoms with Gasteiger partial charge in [-0.15, -0.1) is 6.58 Å². The van der Waals surface area contributed by atoms with Gasteiger partial charge in [0.25, 0.3) is 0 Å². The fraction of sp³-hybridized carbons (Fsp3) is 0.581. The maximum absolute atomic E-state index is 14.0. The first kappa shape index (κ1) is 44.9. The van der Waals surface area contributed by atoms with Gasteiger partial charge >= 0.3 is 27.1 Å². The average Bonchev–Trinajstić information content (AvgIpc) is 3.83. The molecule has 0 aromatic carbocycles. The Bertz CT molecular complexity index is 2080. The summed E-state index contributed by atoms with van der Waals surface area (Å²) in [5, 5.41) is 25.5. The van der Waals surface area contributed by atoms with Crippen LogP contribution in [-0.4, -0.2) is 134 Å². The first-order valence-corrected chi connectivity index (χ1v) is 20.9. The minimum atomic E-state index is -5.25. The first-order chi connectivity index (χ1) is 27.4. The fourth-order valence-corrected chi connectivity index (χ4v) is 8.24. The smallest absolute Gasteiger partial charge is 0.455 e. The highest BCUT2D eigenvalue weighted by Gasteiger charge is 2.56. The van der Waals surface area contributed by atoms with Crippen LogP contribution < -0.4 is 22.5 Å². The lowest BCUT2D eigenvalue weighted by Gasteiger charge is -2.27. The lowest BCUT2D eigenvalue weighted by molar-refractivity contribution is -0.160. The Kier molecular flexibility index (Phi) is 14.9. The minimum absolute atomic E-state index is 0.00252. The van der Waals surface area contributed by atoms with Crippen molar-refractivity contribution < 1.29 is 71.6 Å². The van der Waals surface area contributed by atoms with E-state index in [1.54, 1.807) is 0 Å². The number of imidazole rings is 1. The van der Waals surface area contributed by atoms with Crippen LogP contribution in [0, 0.1) is 0 Å². The Labute approximate surface area is 329 Å². The number of nitrogens with zero attached hydrogens (tertiary/aromatic N) is 6. The molecule has 10 atom stereocenters. The van der Waals surface area contributed by atoms with Gasteiger partial charge in [0.2, 0.25) is 5.91 Å². The Morgan fingerprint density at radius 2 is 1.74 bits per heavy atom. The van der Waals surface area contributed by atoms with Gasteiger partial charge in [0.15, 0.2) is 30.0 Å². The number of esters is 1. The number of nitrogens with one attached hydrogen (secondary N) is 1. The third-order valence-corrected chi connectivity index (χ3v) is 11.4. The zero-order chi connectivity index (χ0) is 42.4. The van der Waals surface area contributed by atoms with Crippen molar-refractivity contribution in [2.45, 2.75) is 87.3 Å². The number of nitrogen functional groups attached to an aromatic ring is 2. The quantitative estimate of drug-likeness (QED) is 0.0281. The number of aliphatic hydroxyl groups is 2. The van der Waals surface area contributed by atoms with Crippen molar-refractivity contribution in [3.63, 3.8) is 0 Å². The van der Waals surface area contributed by atoms with Crippen LogP contribution >= 0.6 is 15.4 Å². The van der Waals surface area contributed by atoms with E-state index in [2.05, 4.69) is 36.4 Å². The van der Waals surface area contributed by atoms with Gasteiger partial charge in [-0.2, -0.15) is 4.98 Å². The van der Waals surface area contributed by atoms with Crippen molar-refractivity contribution in [1.82, 2.24) is 34.4 Å². The first-order valence-electron chi connectivity index (χ1n) is 17.8. The number of carbonyl (C=O) groups excluding carboxylic acids is 2. The lowest BCUT2D eigenvalue weighted by atomic mass is 10.1. The van der Waals surface area contributed by atoms with E-state index in [0.29, 0.717) is 19.4 Å². The number of fused-ring (bicyclic) bond motifs is 1. The molecule has 0 aliphatic carbocycles. The van der Waals surface area contributed by atoms with Crippen LogP contribution in [0.3, 0.4) is 0 Å². The van der Waals surface area contributed by atoms with E-state index in [4.69, 9.17) is 34.9 Å². The molecule has 320 valence electrons. The molecule has 10 N–H and O–H groups in total. The monoisotopic (exact) mass is 861 g/mol. The molecule has 0 saturated carbocycles. The number of allylic oxidation sites excluding steroid dienone is 1. The molecule has 58 heavy (non-hydrogen) atoms. The van der Waals surface area contributed by atoms with Gasteiger partial charge in [-0.3, -0.25) is 23.0 Å². The maximum atomic E-state index is 14.0. The number of phosphoric ester groups is 1. The molecular weight excluding hydrogens is 816 g/mol. The summed E-state index contributed by atoms with van der Waals surface area (Å²) in [6, 6.07) is -0.114. The van der Waals surface area contributed by atoms with E-state index < -0.39 is 101 Å². The molecule has 2 aliphatic rings. The second kappa shape index (κ2) is 19.2. The number of rotatable bonds is 20. The lowest BCUT2D eigenvalue weighted by Crippen LogP contribution is -2.47. The van der Waals surface area contributed by atoms with E-state index in [0.717, 1.165) is 17.1 Å². The van der Waals surface area contributed by atoms with E-state index in [1.165, 1.54) is 23.0 Å². The average molecular weight is 862 g/mol. The van der Waals surface area contributed by atoms with Gasteiger partial charge < -0.3 is 65.1 Å². The van der Waals surface area contributed by atoms with Crippen molar-refractivity contribution in [3.8, 4) is 0 Å². The summed E-state index contributed by atoms with van der Waals surface area (Å²) in [6.45, 7) is 3.88. The molecule has 3 aromatic rings. The van der Waals surface area contributed by atoms with Gasteiger partial charge in [-0.05, 0) is 18.9 Å². The summed E-state index contributed by atoms with van der Waals surface area (Å²) >= 11 is 0. The normalized spacial score (nSPS) is 26.3. The van der Waals surface area contributed by atoms with Gasteiger partial charge in [-0.1, -0.05) is 13.0 Å². The Morgan fingerprint density at radius 3 is 2.43 bits per heavy atom. The van der Waals surface area contributed by atoms with Crippen molar-refractivity contribution in [1.29, 1.82) is 0 Å². The number of nitrogens with two attached hydrogens (primary N) is 2. The highest BCUT2D eigenvalue weighted by molar-refractivity contribution is 7.53. The summed E-state index contributed by atoms with van der Waals surface area (Å²) in [5.41, 5.74) is 8.63. The topological polar surface area (TPSA) is 367 Å². The molecule has 1 amide bonds. The number of aliphatic hydroxyl groups excluding tert-OH is 2. The summed E-state index contributed by atoms with van der Waals surface area (Å²) in [7, 11) is -10.5. The number of amides is 1. The second-order valence-electron chi connectivity index (χ2n) is 13.1. The summed E-state index contributed by atoms with van der Waals surface area (Å²) < 4.78 is 60.5. The van der Waals surface area contributed by atoms with Crippen LogP contribution in [0.2, 0.25) is 0 Å². The van der Waals surface area contributed by atoms with E-state index in [-0.39, 0.29) is 42.2 Å². The van der Waals surface area contributed by atoms with Crippen molar-refractivity contribution >= 4 is 50.1 Å². The molecule has 2 saturated heterocycles. The van der Waals surface area contributed by atoms with Crippen molar-refractivity contribution in [2.24, 2.45) is 0 Å². The fourth-order valence-electron chi connectivity index (χ4n) is 6.25. The van der Waals surface area contributed by atoms with Gasteiger partial charge in [-0.25, -0.2) is 29.1 Å². The summed E-state index contributed by atoms with van der Waals surface area (Å²) in [6.07, 6.45) is -6.16. The molecule has 5 heterocycles. The molecule has 0 bridgehead atoms. The Morgan fingerprint density at radius 1 is 1.03 bits per heavy atom. The Hall–Kier alpha value is -4.23. The predicted molar refractivity (Wildman–Crippen MR) is 197 cm³/mol. The van der Waals surface area contributed by atoms with Crippen LogP contribution in [0.25, 0.3) is 11.2 Å². The SMILES string of the molecule is C=CCCC(=O)N[C@@H](CCOCCC)C(=O)O[C@H]1[C@@H](O)[C@H](n2cnc3c(N)ncnc32)O[C@@H]1COP(=O)(O)[C@H]1[C@@H](O)[C@H](n2ccc(N)nc2=O)O[C@@H]1COP(=O)(O)O. The predicted octanol–water partition coefficient (Wildman–Crippen LogP) is -1.38. The van der Waals surface area contributed by atoms with Crippen LogP contribution in [-0.2, 0) is 46.7 Å². The molecule has 2 aliphatic heterocycles. The molecule has 27 heteroatoms. The van der Waals surface area contributed by atoms with E-state index in [9.17, 15) is 48.4 Å². The maximum Gasteiger partial charge on any atom is 0.469 e. The van der Waals surface area contributed by atoms with Crippen LogP contribution in [0.4, 0.5) is 11.6 Å². The standard InChI is InChI=1S/C31H45N9O16P2/c1-3-5-6-20(41)37-16(8-11-51-10-4-2)30(44)56-24-17(54-28(22(24)42)40-15-36-21-26(33)34-14-35-27(21)40)12-52-57(46,47)25-18(13-53-58(48,49)50)55-29(23(25)43)39-9-7-19(32)38-31(39)45/h3,7,9,14-18,22-25,28-29,42-43H,1,4-6,8,10-13H2,2H3,(H,37,41)(H,46,47)(H2,32,38,45)(H2,33,34,35)(H2,48,49,50)/t16-,17+,18+,22+,23+,24+,25+,28+,29+/m0/s1. The number of phosphoric acid groups is 1. The molecule has 0 spiro atoms. The second-order valence-corrected chi connectivity index (χ2v) is 16.3. The number of ether oxygens (including phenoxy) is 4. The summed E-state index contributed by atoms with van der Waals surface area (Å²) in [5.74, 6) is -1.74. The van der Waals surface area contributed by atoms with Gasteiger partial charge in [0.1, 0.15) is 53.8 Å². The number of hydrogen-bond acceptors (Lipinski definition) is 19. The summed E-state index contributed by atoms with van der Waals surface area (Å²) in [4.78, 5) is 84.7. The highest BCUT2D eigenvalue weighted by Crippen LogP contribution is 2.56. The molecular formula is C31H45N9O16P2. The minimum Gasteiger partial charge on any atom is -0.455 e. The van der Waals surface area contributed by atoms with Crippen molar-refractivity contribution in [3.05, 3.63) is 48.1 Å². The molecule has 1 unspecified atom stereocenters. The molecule has 25 nitrogen and oxygen atoms in total. The van der Waals surface area contributed by atoms with Crippen LogP contribution in [0.5, 0.6) is 0 Å². The van der Waals surface area contributed by atoms with Crippen LogP contribution in [0.1, 0.15) is 45.1 Å². The zero-order valence-electron chi connectivity index (χ0n) is 30.9. The highest BCUT2D eigenvalue weighted by atomic mass is 31.2. The van der Waals surface area contributed by atoms with Crippen LogP contribution in [0.15, 0.2) is 42.4 Å². The third-order valence-electron chi connectivity index (χ3n) is 8.99. The molecule has 2 fully saturated rings. The number of anilines is 2. The number of aromatic nitrogens is 6. The zero-order valence-corrected chi connectivity index (χ0v) is 32.7.